The largest absolute Gasteiger partial charge is 0.436 e. The third kappa shape index (κ3) is 3.75. The maximum atomic E-state index is 5.87. The van der Waals surface area contributed by atoms with E-state index in [1.54, 1.807) is 6.21 Å². The second-order valence-electron chi connectivity index (χ2n) is 5.87. The molecule has 0 saturated heterocycles. The van der Waals surface area contributed by atoms with Crippen LogP contribution in [-0.2, 0) is 0 Å². The number of hydrogen-bond acceptors (Lipinski definition) is 3. The summed E-state index contributed by atoms with van der Waals surface area (Å²) in [5.74, 6) is 1.16. The molecule has 0 radical (unpaired) electrons. The monoisotopic (exact) mass is 351 g/mol. The molecule has 0 saturated carbocycles. The van der Waals surface area contributed by atoms with Crippen LogP contribution in [0.5, 0.6) is 0 Å². The summed E-state index contributed by atoms with van der Waals surface area (Å²) in [6, 6.07) is 25.5. The molecule has 1 heterocycles. The lowest BCUT2D eigenvalue weighted by Gasteiger charge is -2.00. The Morgan fingerprint density at radius 2 is 1.67 bits per heavy atom. The second kappa shape index (κ2) is 7.62. The maximum Gasteiger partial charge on any atom is 0.227 e. The van der Waals surface area contributed by atoms with Crippen LogP contribution in [0.15, 0.2) is 106 Å². The van der Waals surface area contributed by atoms with Crippen molar-refractivity contribution in [2.75, 3.05) is 0 Å². The molecular weight excluding hydrogens is 334 g/mol. The Morgan fingerprint density at radius 3 is 2.41 bits per heavy atom. The van der Waals surface area contributed by atoms with Crippen LogP contribution in [0.1, 0.15) is 11.1 Å². The first kappa shape index (κ1) is 16.7. The van der Waals surface area contributed by atoms with Crippen molar-refractivity contribution in [3.8, 4) is 11.5 Å². The number of fused-ring (bicyclic) bond motifs is 1. The summed E-state index contributed by atoms with van der Waals surface area (Å²) in [4.78, 5) is 13.4. The van der Waals surface area contributed by atoms with Gasteiger partial charge >= 0.3 is 0 Å². The quantitative estimate of drug-likeness (QED) is 0.360. The molecule has 0 bridgehead atoms. The van der Waals surface area contributed by atoms with Gasteiger partial charge in [-0.3, -0.25) is 0 Å². The lowest BCUT2D eigenvalue weighted by molar-refractivity contribution is 0.620. The van der Waals surface area contributed by atoms with Crippen molar-refractivity contribution in [2.24, 2.45) is 9.98 Å². The molecule has 0 unspecified atom stereocenters. The van der Waals surface area contributed by atoms with Crippen molar-refractivity contribution in [1.82, 2.24) is 4.98 Å². The Hall–Kier alpha value is -3.79. The molecule has 4 aromatic rings. The zero-order valence-electron chi connectivity index (χ0n) is 14.6. The summed E-state index contributed by atoms with van der Waals surface area (Å²) in [6.07, 6.45) is 3.27. The van der Waals surface area contributed by atoms with Crippen molar-refractivity contribution in [2.45, 2.75) is 0 Å². The van der Waals surface area contributed by atoms with Gasteiger partial charge in [-0.25, -0.2) is 15.0 Å². The number of amidine groups is 1. The van der Waals surface area contributed by atoms with E-state index < -0.39 is 0 Å². The van der Waals surface area contributed by atoms with E-state index in [0.29, 0.717) is 11.7 Å². The lowest BCUT2D eigenvalue weighted by Crippen LogP contribution is -1.97. The van der Waals surface area contributed by atoms with Crippen LogP contribution in [0.2, 0.25) is 0 Å². The van der Waals surface area contributed by atoms with Crippen LogP contribution in [0.4, 0.5) is 0 Å². The molecule has 0 fully saturated rings. The fourth-order valence-corrected chi connectivity index (χ4v) is 2.71. The lowest BCUT2D eigenvalue weighted by atomic mass is 10.2. The molecule has 0 atom stereocenters. The van der Waals surface area contributed by atoms with Gasteiger partial charge in [-0.05, 0) is 35.9 Å². The van der Waals surface area contributed by atoms with Crippen LogP contribution >= 0.6 is 0 Å². The van der Waals surface area contributed by atoms with Crippen LogP contribution < -0.4 is 0 Å². The molecule has 4 rings (SSSR count). The van der Waals surface area contributed by atoms with Gasteiger partial charge in [0.25, 0.3) is 0 Å². The fourth-order valence-electron chi connectivity index (χ4n) is 2.71. The van der Waals surface area contributed by atoms with Gasteiger partial charge in [0.15, 0.2) is 11.4 Å². The van der Waals surface area contributed by atoms with E-state index in [1.165, 1.54) is 6.20 Å². The normalized spacial score (nSPS) is 11.9. The fraction of sp³-hybridized carbons (Fsp3) is 0. The number of rotatable bonds is 4. The number of aliphatic imine (C=N–C) groups is 2. The summed E-state index contributed by atoms with van der Waals surface area (Å²) in [5, 5.41) is 0. The number of benzene rings is 3. The van der Waals surface area contributed by atoms with Crippen molar-refractivity contribution in [3.05, 3.63) is 103 Å². The Bertz CT molecular complexity index is 1130. The van der Waals surface area contributed by atoms with Crippen LogP contribution in [-0.4, -0.2) is 17.0 Å². The summed E-state index contributed by atoms with van der Waals surface area (Å²) in [6.45, 7) is 3.69. The van der Waals surface area contributed by atoms with Gasteiger partial charge in [-0.1, -0.05) is 55.1 Å². The number of hydrogen-bond donors (Lipinski definition) is 0. The predicted octanol–water partition coefficient (Wildman–Crippen LogP) is 5.50. The molecule has 0 aliphatic carbocycles. The Labute approximate surface area is 157 Å². The second-order valence-corrected chi connectivity index (χ2v) is 5.87. The van der Waals surface area contributed by atoms with E-state index in [4.69, 9.17) is 4.42 Å². The first-order chi connectivity index (χ1) is 13.3. The molecule has 0 spiro atoms. The molecule has 1 aromatic heterocycles. The smallest absolute Gasteiger partial charge is 0.227 e. The first-order valence-electron chi connectivity index (χ1n) is 8.58. The maximum absolute atomic E-state index is 5.87. The summed E-state index contributed by atoms with van der Waals surface area (Å²) in [7, 11) is 0. The average Bonchev–Trinajstić information content (AvgIpc) is 3.16. The van der Waals surface area contributed by atoms with Gasteiger partial charge in [-0.2, -0.15) is 0 Å². The predicted molar refractivity (Wildman–Crippen MR) is 110 cm³/mol. The van der Waals surface area contributed by atoms with Gasteiger partial charge in [-0.15, -0.1) is 0 Å². The Kier molecular flexibility index (Phi) is 4.70. The summed E-state index contributed by atoms with van der Waals surface area (Å²) >= 11 is 0. The average molecular weight is 351 g/mol. The highest BCUT2D eigenvalue weighted by Crippen LogP contribution is 2.25. The van der Waals surface area contributed by atoms with Gasteiger partial charge < -0.3 is 4.42 Å². The molecule has 130 valence electrons. The van der Waals surface area contributed by atoms with E-state index in [2.05, 4.69) is 21.5 Å². The van der Waals surface area contributed by atoms with Crippen LogP contribution in [0, 0.1) is 0 Å². The van der Waals surface area contributed by atoms with E-state index in [0.717, 1.165) is 27.8 Å². The standard InChI is InChI=1S/C23H17N3O/c1-2-24-22(25-16-17-9-5-3-6-10-17)19-13-14-21-20(15-19)26-23(27-21)18-11-7-4-8-12-18/h2-16H,1H2. The highest BCUT2D eigenvalue weighted by Gasteiger charge is 2.10. The highest BCUT2D eigenvalue weighted by atomic mass is 16.3. The topological polar surface area (TPSA) is 50.8 Å². The van der Waals surface area contributed by atoms with Gasteiger partial charge in [0.05, 0.1) is 0 Å². The van der Waals surface area contributed by atoms with Gasteiger partial charge in [0, 0.05) is 23.5 Å². The molecule has 0 amide bonds. The SMILES string of the molecule is C=CN=C(N=Cc1ccccc1)c1ccc2oc(-c3ccccc3)nc2c1. The summed E-state index contributed by atoms with van der Waals surface area (Å²) in [5.41, 5.74) is 4.28. The molecule has 27 heavy (non-hydrogen) atoms. The zero-order valence-corrected chi connectivity index (χ0v) is 14.6. The third-order valence-corrected chi connectivity index (χ3v) is 4.02. The third-order valence-electron chi connectivity index (χ3n) is 4.02. The van der Waals surface area contributed by atoms with Gasteiger partial charge in [0.2, 0.25) is 5.89 Å². The minimum absolute atomic E-state index is 0.569. The molecule has 3 aromatic carbocycles. The molecule has 0 aliphatic rings. The molecule has 4 heteroatoms. The van der Waals surface area contributed by atoms with Crippen molar-refractivity contribution >= 4 is 23.1 Å². The van der Waals surface area contributed by atoms with Gasteiger partial charge in [0.1, 0.15) is 5.52 Å². The molecule has 0 aliphatic heterocycles. The highest BCUT2D eigenvalue weighted by molar-refractivity contribution is 6.06. The number of nitrogens with zero attached hydrogens (tertiary/aromatic N) is 3. The Balaban J connectivity index is 1.70. The molecule has 4 nitrogen and oxygen atoms in total. The molecule has 0 N–H and O–H groups in total. The van der Waals surface area contributed by atoms with Crippen molar-refractivity contribution in [1.29, 1.82) is 0 Å². The van der Waals surface area contributed by atoms with Crippen molar-refractivity contribution < 1.29 is 4.42 Å². The zero-order chi connectivity index (χ0) is 18.5. The number of oxazole rings is 1. The van der Waals surface area contributed by atoms with Crippen LogP contribution in [0.3, 0.4) is 0 Å². The minimum atomic E-state index is 0.569. The van der Waals surface area contributed by atoms with E-state index in [-0.39, 0.29) is 0 Å². The summed E-state index contributed by atoms with van der Waals surface area (Å²) < 4.78 is 5.87. The van der Waals surface area contributed by atoms with Crippen molar-refractivity contribution in [3.63, 3.8) is 0 Å². The van der Waals surface area contributed by atoms with Crippen LogP contribution in [0.25, 0.3) is 22.6 Å². The van der Waals surface area contributed by atoms with E-state index >= 15 is 0 Å². The van der Waals surface area contributed by atoms with E-state index in [9.17, 15) is 0 Å². The molecular formula is C23H17N3O. The number of aromatic nitrogens is 1. The Morgan fingerprint density at radius 1 is 0.926 bits per heavy atom. The van der Waals surface area contributed by atoms with E-state index in [1.807, 2.05) is 78.9 Å². The minimum Gasteiger partial charge on any atom is -0.436 e. The first-order valence-corrected chi connectivity index (χ1v) is 8.58.